The quantitative estimate of drug-likeness (QED) is 0.628. The highest BCUT2D eigenvalue weighted by Crippen LogP contribution is 2.34. The van der Waals surface area contributed by atoms with Gasteiger partial charge in [0.25, 0.3) is 5.88 Å². The van der Waals surface area contributed by atoms with E-state index in [-0.39, 0.29) is 11.6 Å². The van der Waals surface area contributed by atoms with Gasteiger partial charge < -0.3 is 4.74 Å². The number of pyridine rings is 1. The first kappa shape index (κ1) is 13.5. The molecule has 0 saturated carbocycles. The lowest BCUT2D eigenvalue weighted by molar-refractivity contribution is -0.386. The van der Waals surface area contributed by atoms with Gasteiger partial charge in [-0.3, -0.25) is 10.1 Å². The van der Waals surface area contributed by atoms with Gasteiger partial charge >= 0.3 is 5.69 Å². The summed E-state index contributed by atoms with van der Waals surface area (Å²) in [7, 11) is 0. The lowest BCUT2D eigenvalue weighted by Gasteiger charge is -2.08. The summed E-state index contributed by atoms with van der Waals surface area (Å²) < 4.78 is 6.26. The minimum atomic E-state index is -0.510. The van der Waals surface area contributed by atoms with Crippen molar-refractivity contribution >= 4 is 21.6 Å². The number of nitrogens with zero attached hydrogens (tertiary/aromatic N) is 2. The first-order chi connectivity index (χ1) is 8.97. The van der Waals surface area contributed by atoms with Crippen LogP contribution in [0.3, 0.4) is 0 Å². The molecule has 5 nitrogen and oxygen atoms in total. The smallest absolute Gasteiger partial charge is 0.331 e. The van der Waals surface area contributed by atoms with Crippen LogP contribution in [-0.2, 0) is 0 Å². The molecule has 2 aromatic rings. The van der Waals surface area contributed by atoms with E-state index in [0.717, 1.165) is 10.0 Å². The van der Waals surface area contributed by atoms with Crippen LogP contribution in [0, 0.1) is 24.0 Å². The molecule has 0 amide bonds. The molecular weight excluding hydrogens is 312 g/mol. The Kier molecular flexibility index (Phi) is 3.80. The number of ether oxygens (including phenoxy) is 1. The molecule has 0 aliphatic heterocycles. The summed E-state index contributed by atoms with van der Waals surface area (Å²) in [6, 6.07) is 8.45. The third kappa shape index (κ3) is 3.08. The van der Waals surface area contributed by atoms with Gasteiger partial charge in [0, 0.05) is 11.8 Å². The zero-order chi connectivity index (χ0) is 14.0. The van der Waals surface area contributed by atoms with Gasteiger partial charge in [0.1, 0.15) is 5.75 Å². The van der Waals surface area contributed by atoms with Crippen molar-refractivity contribution in [2.75, 3.05) is 0 Å². The van der Waals surface area contributed by atoms with Gasteiger partial charge in [-0.25, -0.2) is 4.98 Å². The van der Waals surface area contributed by atoms with Crippen LogP contribution >= 0.6 is 15.9 Å². The Balaban J connectivity index is 2.42. The Bertz CT molecular complexity index is 644. The molecule has 0 fully saturated rings. The fraction of sp³-hybridized carbons (Fsp3) is 0.154. The molecule has 0 radical (unpaired) electrons. The summed E-state index contributed by atoms with van der Waals surface area (Å²) in [5, 5.41) is 10.9. The van der Waals surface area contributed by atoms with Crippen molar-refractivity contribution < 1.29 is 9.66 Å². The van der Waals surface area contributed by atoms with Crippen LogP contribution in [0.15, 0.2) is 34.8 Å². The molecule has 0 atom stereocenters. The monoisotopic (exact) mass is 322 g/mol. The fourth-order valence-corrected chi connectivity index (χ4v) is 2.11. The van der Waals surface area contributed by atoms with Gasteiger partial charge in [-0.15, -0.1) is 0 Å². The lowest BCUT2D eigenvalue weighted by atomic mass is 10.2. The topological polar surface area (TPSA) is 65.3 Å². The van der Waals surface area contributed by atoms with Crippen LogP contribution in [0.2, 0.25) is 0 Å². The molecule has 0 aliphatic carbocycles. The first-order valence-electron chi connectivity index (χ1n) is 5.53. The summed E-state index contributed by atoms with van der Waals surface area (Å²) in [5.74, 6) is 0.487. The van der Waals surface area contributed by atoms with E-state index in [1.807, 2.05) is 19.1 Å². The molecule has 1 aromatic carbocycles. The van der Waals surface area contributed by atoms with E-state index in [4.69, 9.17) is 4.74 Å². The second-order valence-electron chi connectivity index (χ2n) is 4.07. The number of benzene rings is 1. The largest absolute Gasteiger partial charge is 0.432 e. The van der Waals surface area contributed by atoms with E-state index in [2.05, 4.69) is 20.9 Å². The van der Waals surface area contributed by atoms with Crippen molar-refractivity contribution in [1.29, 1.82) is 0 Å². The van der Waals surface area contributed by atoms with E-state index >= 15 is 0 Å². The predicted octanol–water partition coefficient (Wildman–Crippen LogP) is 4.16. The van der Waals surface area contributed by atoms with E-state index in [1.54, 1.807) is 19.1 Å². The summed E-state index contributed by atoms with van der Waals surface area (Å²) in [5.41, 5.74) is 1.56. The van der Waals surface area contributed by atoms with Crippen LogP contribution in [0.4, 0.5) is 5.69 Å². The van der Waals surface area contributed by atoms with Crippen molar-refractivity contribution in [3.63, 3.8) is 0 Å². The molecular formula is C13H11BrN2O3. The van der Waals surface area contributed by atoms with E-state index in [0.29, 0.717) is 11.4 Å². The Hall–Kier alpha value is -1.95. The van der Waals surface area contributed by atoms with Crippen molar-refractivity contribution in [3.05, 3.63) is 56.2 Å². The minimum Gasteiger partial charge on any atom is -0.432 e. The summed E-state index contributed by atoms with van der Waals surface area (Å²) in [6.45, 7) is 3.70. The number of hydrogen-bond donors (Lipinski definition) is 0. The Labute approximate surface area is 118 Å². The molecule has 2 rings (SSSR count). The van der Waals surface area contributed by atoms with Crippen LogP contribution in [0.5, 0.6) is 11.6 Å². The SMILES string of the molecule is Cc1ccc(Oc2nc(C)ccc2[N+](=O)[O-])c(Br)c1. The van der Waals surface area contributed by atoms with Crippen molar-refractivity contribution in [2.45, 2.75) is 13.8 Å². The highest BCUT2D eigenvalue weighted by atomic mass is 79.9. The molecule has 1 aromatic heterocycles. The van der Waals surface area contributed by atoms with Gasteiger partial charge in [-0.1, -0.05) is 6.07 Å². The van der Waals surface area contributed by atoms with Crippen molar-refractivity contribution in [2.24, 2.45) is 0 Å². The number of rotatable bonds is 3. The van der Waals surface area contributed by atoms with Gasteiger partial charge in [0.2, 0.25) is 0 Å². The second-order valence-corrected chi connectivity index (χ2v) is 4.92. The van der Waals surface area contributed by atoms with E-state index < -0.39 is 4.92 Å². The highest BCUT2D eigenvalue weighted by molar-refractivity contribution is 9.10. The third-order valence-electron chi connectivity index (χ3n) is 2.47. The molecule has 0 unspecified atom stereocenters. The van der Waals surface area contributed by atoms with E-state index in [9.17, 15) is 10.1 Å². The van der Waals surface area contributed by atoms with Gasteiger partial charge in [-0.2, -0.15) is 0 Å². The van der Waals surface area contributed by atoms with Crippen LogP contribution in [0.25, 0.3) is 0 Å². The van der Waals surface area contributed by atoms with Gasteiger partial charge in [0.05, 0.1) is 9.40 Å². The number of halogens is 1. The highest BCUT2D eigenvalue weighted by Gasteiger charge is 2.18. The molecule has 0 spiro atoms. The Morgan fingerprint density at radius 3 is 2.63 bits per heavy atom. The Morgan fingerprint density at radius 1 is 1.26 bits per heavy atom. The lowest BCUT2D eigenvalue weighted by Crippen LogP contribution is -1.97. The predicted molar refractivity (Wildman–Crippen MR) is 74.6 cm³/mol. The molecule has 0 bridgehead atoms. The maximum atomic E-state index is 10.9. The van der Waals surface area contributed by atoms with Crippen molar-refractivity contribution in [1.82, 2.24) is 4.98 Å². The Morgan fingerprint density at radius 2 is 2.00 bits per heavy atom. The molecule has 1 heterocycles. The number of hydrogen-bond acceptors (Lipinski definition) is 4. The fourth-order valence-electron chi connectivity index (χ4n) is 1.53. The standard InChI is InChI=1S/C13H11BrN2O3/c1-8-3-6-12(10(14)7-8)19-13-11(16(17)18)5-4-9(2)15-13/h3-7H,1-2H3. The van der Waals surface area contributed by atoms with Crippen LogP contribution < -0.4 is 4.74 Å². The van der Waals surface area contributed by atoms with Crippen molar-refractivity contribution in [3.8, 4) is 11.6 Å². The van der Waals surface area contributed by atoms with Crippen LogP contribution in [-0.4, -0.2) is 9.91 Å². The number of aryl methyl sites for hydroxylation is 2. The van der Waals surface area contributed by atoms with Gasteiger partial charge in [-0.05, 0) is 53.5 Å². The van der Waals surface area contributed by atoms with Gasteiger partial charge in [0.15, 0.2) is 0 Å². The first-order valence-corrected chi connectivity index (χ1v) is 6.32. The third-order valence-corrected chi connectivity index (χ3v) is 3.09. The molecule has 19 heavy (non-hydrogen) atoms. The maximum Gasteiger partial charge on any atom is 0.331 e. The second kappa shape index (κ2) is 5.36. The molecule has 0 saturated heterocycles. The summed E-state index contributed by atoms with van der Waals surface area (Å²) in [6.07, 6.45) is 0. The molecule has 0 N–H and O–H groups in total. The zero-order valence-electron chi connectivity index (χ0n) is 10.4. The number of nitro groups is 1. The molecule has 6 heteroatoms. The summed E-state index contributed by atoms with van der Waals surface area (Å²) >= 11 is 3.36. The normalized spacial score (nSPS) is 10.3. The zero-order valence-corrected chi connectivity index (χ0v) is 12.0. The minimum absolute atomic E-state index is 0.00504. The maximum absolute atomic E-state index is 10.9. The summed E-state index contributed by atoms with van der Waals surface area (Å²) in [4.78, 5) is 14.5. The number of aromatic nitrogens is 1. The van der Waals surface area contributed by atoms with Crippen LogP contribution in [0.1, 0.15) is 11.3 Å². The molecule has 0 aliphatic rings. The average Bonchev–Trinajstić information content (AvgIpc) is 2.32. The van der Waals surface area contributed by atoms with E-state index in [1.165, 1.54) is 6.07 Å². The molecule has 98 valence electrons. The average molecular weight is 323 g/mol.